The Morgan fingerprint density at radius 1 is 1.05 bits per heavy atom. The first-order valence-electron chi connectivity index (χ1n) is 6.31. The summed E-state index contributed by atoms with van der Waals surface area (Å²) in [5.41, 5.74) is 1.79. The summed E-state index contributed by atoms with van der Waals surface area (Å²) in [6.07, 6.45) is -0.404. The molecule has 4 heteroatoms. The van der Waals surface area contributed by atoms with Crippen LogP contribution < -0.4 is 0 Å². The molecule has 0 bridgehead atoms. The molecule has 20 heavy (non-hydrogen) atoms. The van der Waals surface area contributed by atoms with Crippen molar-refractivity contribution in [3.05, 3.63) is 71.5 Å². The van der Waals surface area contributed by atoms with Gasteiger partial charge in [0.15, 0.2) is 0 Å². The van der Waals surface area contributed by atoms with Crippen molar-refractivity contribution in [3.8, 4) is 0 Å². The van der Waals surface area contributed by atoms with Crippen LogP contribution in [-0.4, -0.2) is 18.0 Å². The van der Waals surface area contributed by atoms with Crippen molar-refractivity contribution in [2.45, 2.75) is 13.2 Å². The second-order valence-electron chi connectivity index (χ2n) is 4.52. The molecule has 2 aromatic rings. The second-order valence-corrected chi connectivity index (χ2v) is 4.52. The van der Waals surface area contributed by atoms with Gasteiger partial charge in [-0.25, -0.2) is 9.18 Å². The van der Waals surface area contributed by atoms with Gasteiger partial charge in [-0.1, -0.05) is 42.5 Å². The topological polar surface area (TPSA) is 29.5 Å². The van der Waals surface area contributed by atoms with Crippen molar-refractivity contribution in [1.29, 1.82) is 0 Å². The van der Waals surface area contributed by atoms with Crippen LogP contribution in [0, 0.1) is 5.82 Å². The molecular weight excluding hydrogens is 257 g/mol. The Labute approximate surface area is 117 Å². The number of benzene rings is 2. The van der Waals surface area contributed by atoms with Gasteiger partial charge in [0.2, 0.25) is 0 Å². The summed E-state index contributed by atoms with van der Waals surface area (Å²) in [6.45, 7) is 0.626. The molecule has 0 spiro atoms. The smallest absolute Gasteiger partial charge is 0.410 e. The molecule has 104 valence electrons. The van der Waals surface area contributed by atoms with Crippen LogP contribution in [0.15, 0.2) is 54.6 Å². The van der Waals surface area contributed by atoms with Gasteiger partial charge in [0.1, 0.15) is 12.4 Å². The molecule has 0 aliphatic rings. The second kappa shape index (κ2) is 6.70. The van der Waals surface area contributed by atoms with E-state index in [4.69, 9.17) is 4.74 Å². The maximum Gasteiger partial charge on any atom is 0.410 e. The van der Waals surface area contributed by atoms with E-state index in [1.54, 1.807) is 19.2 Å². The number of rotatable bonds is 4. The van der Waals surface area contributed by atoms with Crippen LogP contribution >= 0.6 is 0 Å². The highest BCUT2D eigenvalue weighted by Gasteiger charge is 2.10. The lowest BCUT2D eigenvalue weighted by Gasteiger charge is -2.17. The zero-order chi connectivity index (χ0) is 14.4. The lowest BCUT2D eigenvalue weighted by molar-refractivity contribution is 0.103. The normalized spacial score (nSPS) is 10.1. The van der Waals surface area contributed by atoms with Crippen LogP contribution in [-0.2, 0) is 17.9 Å². The van der Waals surface area contributed by atoms with Crippen LogP contribution in [0.1, 0.15) is 11.1 Å². The number of carbonyl (C=O) groups is 1. The Bertz CT molecular complexity index is 554. The minimum Gasteiger partial charge on any atom is -0.445 e. The van der Waals surface area contributed by atoms with Crippen LogP contribution in [0.2, 0.25) is 0 Å². The monoisotopic (exact) mass is 273 g/mol. The van der Waals surface area contributed by atoms with Crippen molar-refractivity contribution < 1.29 is 13.9 Å². The van der Waals surface area contributed by atoms with E-state index in [2.05, 4.69) is 0 Å². The SMILES string of the molecule is CN(Cc1ccc(F)cc1)C(=O)OCc1ccccc1. The van der Waals surface area contributed by atoms with Crippen molar-refractivity contribution in [2.24, 2.45) is 0 Å². The molecule has 2 rings (SSSR count). The average molecular weight is 273 g/mol. The molecule has 0 saturated heterocycles. The van der Waals surface area contributed by atoms with E-state index >= 15 is 0 Å². The fourth-order valence-electron chi connectivity index (χ4n) is 1.76. The molecule has 0 aliphatic heterocycles. The Morgan fingerprint density at radius 3 is 2.35 bits per heavy atom. The Hall–Kier alpha value is -2.36. The molecular formula is C16H16FNO2. The molecule has 0 unspecified atom stereocenters. The highest BCUT2D eigenvalue weighted by Crippen LogP contribution is 2.08. The molecule has 0 fully saturated rings. The van der Waals surface area contributed by atoms with Gasteiger partial charge in [-0.2, -0.15) is 0 Å². The first-order valence-corrected chi connectivity index (χ1v) is 6.31. The van der Waals surface area contributed by atoms with Gasteiger partial charge in [0, 0.05) is 13.6 Å². The Kier molecular flexibility index (Phi) is 4.71. The Balaban J connectivity index is 1.84. The van der Waals surface area contributed by atoms with E-state index in [1.165, 1.54) is 17.0 Å². The first-order chi connectivity index (χ1) is 9.65. The molecule has 3 nitrogen and oxygen atoms in total. The molecule has 0 aromatic heterocycles. The lowest BCUT2D eigenvalue weighted by atomic mass is 10.2. The van der Waals surface area contributed by atoms with Gasteiger partial charge in [0.05, 0.1) is 0 Å². The molecule has 0 heterocycles. The predicted molar refractivity (Wildman–Crippen MR) is 74.5 cm³/mol. The molecule has 1 amide bonds. The quantitative estimate of drug-likeness (QED) is 0.852. The predicted octanol–water partition coefficient (Wildman–Crippen LogP) is 3.59. The standard InChI is InChI=1S/C16H16FNO2/c1-18(11-13-7-9-15(17)10-8-13)16(19)20-12-14-5-3-2-4-6-14/h2-10H,11-12H2,1H3. The van der Waals surface area contributed by atoms with Gasteiger partial charge in [-0.3, -0.25) is 0 Å². The van der Waals surface area contributed by atoms with E-state index in [-0.39, 0.29) is 12.4 Å². The highest BCUT2D eigenvalue weighted by atomic mass is 19.1. The van der Waals surface area contributed by atoms with Crippen LogP contribution in [0.25, 0.3) is 0 Å². The van der Waals surface area contributed by atoms with E-state index < -0.39 is 6.09 Å². The summed E-state index contributed by atoms with van der Waals surface area (Å²) in [4.78, 5) is 13.3. The van der Waals surface area contributed by atoms with Crippen molar-refractivity contribution in [1.82, 2.24) is 4.90 Å². The fourth-order valence-corrected chi connectivity index (χ4v) is 1.76. The third kappa shape index (κ3) is 4.09. The number of carbonyl (C=O) groups excluding carboxylic acids is 1. The number of nitrogens with zero attached hydrogens (tertiary/aromatic N) is 1. The van der Waals surface area contributed by atoms with E-state index in [1.807, 2.05) is 30.3 Å². The maximum atomic E-state index is 12.8. The van der Waals surface area contributed by atoms with Gasteiger partial charge < -0.3 is 9.64 Å². The molecule has 0 radical (unpaired) electrons. The third-order valence-electron chi connectivity index (χ3n) is 2.85. The summed E-state index contributed by atoms with van der Waals surface area (Å²) in [5, 5.41) is 0. The van der Waals surface area contributed by atoms with Gasteiger partial charge in [-0.05, 0) is 23.3 Å². The highest BCUT2D eigenvalue weighted by molar-refractivity contribution is 5.67. The maximum absolute atomic E-state index is 12.8. The summed E-state index contributed by atoms with van der Waals surface area (Å²) >= 11 is 0. The zero-order valence-corrected chi connectivity index (χ0v) is 11.3. The van der Waals surface area contributed by atoms with Crippen LogP contribution in [0.3, 0.4) is 0 Å². The first kappa shape index (κ1) is 14.1. The number of amides is 1. The zero-order valence-electron chi connectivity index (χ0n) is 11.3. The van der Waals surface area contributed by atoms with Crippen LogP contribution in [0.5, 0.6) is 0 Å². The summed E-state index contributed by atoms with van der Waals surface area (Å²) < 4.78 is 18.0. The van der Waals surface area contributed by atoms with Crippen molar-refractivity contribution in [3.63, 3.8) is 0 Å². The van der Waals surface area contributed by atoms with Gasteiger partial charge in [0.25, 0.3) is 0 Å². The molecule has 0 aliphatic carbocycles. The number of halogens is 1. The summed E-state index contributed by atoms with van der Waals surface area (Å²) in [7, 11) is 1.65. The molecule has 0 saturated carbocycles. The Morgan fingerprint density at radius 2 is 1.70 bits per heavy atom. The minimum absolute atomic E-state index is 0.243. The van der Waals surface area contributed by atoms with Crippen LogP contribution in [0.4, 0.5) is 9.18 Å². The summed E-state index contributed by atoms with van der Waals surface area (Å²) in [6, 6.07) is 15.5. The van der Waals surface area contributed by atoms with E-state index in [9.17, 15) is 9.18 Å². The van der Waals surface area contributed by atoms with Gasteiger partial charge in [-0.15, -0.1) is 0 Å². The van der Waals surface area contributed by atoms with Gasteiger partial charge >= 0.3 is 6.09 Å². The summed E-state index contributed by atoms with van der Waals surface area (Å²) in [5.74, 6) is -0.289. The van der Waals surface area contributed by atoms with Crippen molar-refractivity contribution in [2.75, 3.05) is 7.05 Å². The number of hydrogen-bond acceptors (Lipinski definition) is 2. The lowest BCUT2D eigenvalue weighted by Crippen LogP contribution is -2.26. The fraction of sp³-hybridized carbons (Fsp3) is 0.188. The van der Waals surface area contributed by atoms with E-state index in [0.29, 0.717) is 6.54 Å². The molecule has 0 N–H and O–H groups in total. The molecule has 0 atom stereocenters. The largest absolute Gasteiger partial charge is 0.445 e. The molecule has 2 aromatic carbocycles. The third-order valence-corrected chi connectivity index (χ3v) is 2.85. The minimum atomic E-state index is -0.404. The number of hydrogen-bond donors (Lipinski definition) is 0. The van der Waals surface area contributed by atoms with E-state index in [0.717, 1.165) is 11.1 Å². The average Bonchev–Trinajstić information content (AvgIpc) is 2.48. The van der Waals surface area contributed by atoms with Crippen molar-refractivity contribution >= 4 is 6.09 Å². The number of ether oxygens (including phenoxy) is 1.